The number of halogens is 1. The third-order valence-electron chi connectivity index (χ3n) is 5.29. The lowest BCUT2D eigenvalue weighted by atomic mass is 9.91. The van der Waals surface area contributed by atoms with Crippen molar-refractivity contribution in [3.05, 3.63) is 34.9 Å². The molecule has 130 valence electrons. The molecule has 3 rings (SSSR count). The highest BCUT2D eigenvalue weighted by Crippen LogP contribution is 2.58. The number of methoxy groups -OCH3 is 1. The van der Waals surface area contributed by atoms with Gasteiger partial charge in [0.1, 0.15) is 0 Å². The number of nitrogens with one attached hydrogen (secondary N) is 2. The maximum Gasteiger partial charge on any atom is 0.307 e. The summed E-state index contributed by atoms with van der Waals surface area (Å²) in [5.41, 5.74) is 1.03. The molecular weight excluding hydrogens is 328 g/mol. The van der Waals surface area contributed by atoms with E-state index in [2.05, 4.69) is 10.6 Å². The second-order valence-electron chi connectivity index (χ2n) is 6.76. The number of amides is 1. The van der Waals surface area contributed by atoms with Crippen molar-refractivity contribution in [2.45, 2.75) is 31.7 Å². The van der Waals surface area contributed by atoms with Crippen molar-refractivity contribution in [1.82, 2.24) is 10.6 Å². The molecule has 1 amide bonds. The van der Waals surface area contributed by atoms with Gasteiger partial charge in [0.05, 0.1) is 19.6 Å². The van der Waals surface area contributed by atoms with Gasteiger partial charge in [0.2, 0.25) is 5.91 Å². The first kappa shape index (κ1) is 17.2. The molecule has 1 spiro atoms. The summed E-state index contributed by atoms with van der Waals surface area (Å²) in [6, 6.07) is 6.81. The zero-order chi connectivity index (χ0) is 17.2. The van der Waals surface area contributed by atoms with E-state index in [1.807, 2.05) is 12.1 Å². The van der Waals surface area contributed by atoms with Gasteiger partial charge in [-0.15, -0.1) is 0 Å². The minimum atomic E-state index is -0.387. The van der Waals surface area contributed by atoms with Gasteiger partial charge in [-0.05, 0) is 55.5 Å². The Morgan fingerprint density at radius 2 is 2.00 bits per heavy atom. The summed E-state index contributed by atoms with van der Waals surface area (Å²) in [5.74, 6) is -0.240. The third-order valence-corrected chi connectivity index (χ3v) is 5.54. The lowest BCUT2D eigenvalue weighted by Gasteiger charge is -2.24. The van der Waals surface area contributed by atoms with Crippen LogP contribution < -0.4 is 10.6 Å². The van der Waals surface area contributed by atoms with Crippen LogP contribution in [0.15, 0.2) is 24.3 Å². The SMILES string of the molecule is COC(=O)C[C@H](NC(=O)C1CC12CCNCC2)c1ccc(Cl)cc1. The van der Waals surface area contributed by atoms with E-state index in [4.69, 9.17) is 16.3 Å². The van der Waals surface area contributed by atoms with Crippen LogP contribution >= 0.6 is 11.6 Å². The van der Waals surface area contributed by atoms with Crippen molar-refractivity contribution < 1.29 is 14.3 Å². The molecule has 0 radical (unpaired) electrons. The summed E-state index contributed by atoms with van der Waals surface area (Å²) in [6.07, 6.45) is 3.17. The number of carbonyl (C=O) groups is 2. The molecule has 1 aromatic rings. The van der Waals surface area contributed by atoms with E-state index in [9.17, 15) is 9.59 Å². The summed E-state index contributed by atoms with van der Waals surface area (Å²) in [7, 11) is 1.36. The predicted octanol–water partition coefficient (Wildman–Crippen LogP) is 2.45. The first-order valence-corrected chi connectivity index (χ1v) is 8.75. The average Bonchev–Trinajstić information content (AvgIpc) is 3.28. The van der Waals surface area contributed by atoms with E-state index < -0.39 is 0 Å². The highest BCUT2D eigenvalue weighted by atomic mass is 35.5. The van der Waals surface area contributed by atoms with Crippen LogP contribution in [0, 0.1) is 11.3 Å². The molecule has 1 aliphatic carbocycles. The van der Waals surface area contributed by atoms with Crippen LogP contribution in [0.2, 0.25) is 5.02 Å². The van der Waals surface area contributed by atoms with Gasteiger partial charge in [-0.2, -0.15) is 0 Å². The minimum Gasteiger partial charge on any atom is -0.469 e. The Kier molecular flexibility index (Phi) is 5.11. The van der Waals surface area contributed by atoms with Crippen molar-refractivity contribution in [2.75, 3.05) is 20.2 Å². The molecule has 1 aliphatic heterocycles. The molecule has 1 heterocycles. The smallest absolute Gasteiger partial charge is 0.307 e. The zero-order valence-electron chi connectivity index (χ0n) is 13.8. The van der Waals surface area contributed by atoms with E-state index in [0.29, 0.717) is 5.02 Å². The second-order valence-corrected chi connectivity index (χ2v) is 7.20. The fourth-order valence-electron chi connectivity index (χ4n) is 3.67. The fraction of sp³-hybridized carbons (Fsp3) is 0.556. The van der Waals surface area contributed by atoms with E-state index in [1.165, 1.54) is 7.11 Å². The summed E-state index contributed by atoms with van der Waals surface area (Å²) < 4.78 is 4.77. The number of benzene rings is 1. The number of rotatable bonds is 5. The van der Waals surface area contributed by atoms with Crippen molar-refractivity contribution in [2.24, 2.45) is 11.3 Å². The van der Waals surface area contributed by atoms with E-state index >= 15 is 0 Å². The van der Waals surface area contributed by atoms with Gasteiger partial charge in [0.15, 0.2) is 0 Å². The molecule has 0 aromatic heterocycles. The summed E-state index contributed by atoms with van der Waals surface area (Å²) in [6.45, 7) is 1.96. The lowest BCUT2D eigenvalue weighted by molar-refractivity contribution is -0.141. The number of esters is 1. The molecule has 2 atom stereocenters. The van der Waals surface area contributed by atoms with Gasteiger partial charge in [-0.25, -0.2) is 0 Å². The topological polar surface area (TPSA) is 67.4 Å². The summed E-state index contributed by atoms with van der Waals surface area (Å²) >= 11 is 5.93. The maximum atomic E-state index is 12.7. The van der Waals surface area contributed by atoms with E-state index in [-0.39, 0.29) is 35.7 Å². The van der Waals surface area contributed by atoms with Crippen LogP contribution in [0.25, 0.3) is 0 Å². The monoisotopic (exact) mass is 350 g/mol. The van der Waals surface area contributed by atoms with Crippen molar-refractivity contribution >= 4 is 23.5 Å². The van der Waals surface area contributed by atoms with Crippen LogP contribution in [0.4, 0.5) is 0 Å². The quantitative estimate of drug-likeness (QED) is 0.800. The van der Waals surface area contributed by atoms with Gasteiger partial charge >= 0.3 is 5.97 Å². The van der Waals surface area contributed by atoms with Crippen LogP contribution in [0.1, 0.15) is 37.3 Å². The van der Waals surface area contributed by atoms with Gasteiger partial charge in [0.25, 0.3) is 0 Å². The first-order valence-electron chi connectivity index (χ1n) is 8.37. The van der Waals surface area contributed by atoms with Gasteiger partial charge < -0.3 is 15.4 Å². The highest BCUT2D eigenvalue weighted by molar-refractivity contribution is 6.30. The molecule has 2 aliphatic rings. The number of piperidine rings is 1. The number of carbonyl (C=O) groups excluding carboxylic acids is 2. The van der Waals surface area contributed by atoms with Gasteiger partial charge in [-0.1, -0.05) is 23.7 Å². The Balaban J connectivity index is 1.68. The Labute approximate surface area is 147 Å². The maximum absolute atomic E-state index is 12.7. The number of ether oxygens (including phenoxy) is 1. The molecule has 2 N–H and O–H groups in total. The van der Waals surface area contributed by atoms with Gasteiger partial charge in [-0.3, -0.25) is 9.59 Å². The van der Waals surface area contributed by atoms with Gasteiger partial charge in [0, 0.05) is 10.9 Å². The van der Waals surface area contributed by atoms with Crippen molar-refractivity contribution in [3.8, 4) is 0 Å². The molecule has 1 saturated heterocycles. The largest absolute Gasteiger partial charge is 0.469 e. The van der Waals surface area contributed by atoms with Crippen LogP contribution in [-0.2, 0) is 14.3 Å². The Bertz CT molecular complexity index is 611. The number of hydrogen-bond donors (Lipinski definition) is 2. The third kappa shape index (κ3) is 3.73. The standard InChI is InChI=1S/C18H23ClN2O3/c1-24-16(22)10-15(12-2-4-13(19)5-3-12)21-17(23)14-11-18(14)6-8-20-9-7-18/h2-5,14-15,20H,6-11H2,1H3,(H,21,23)/t14?,15-/m0/s1. The Morgan fingerprint density at radius 1 is 1.33 bits per heavy atom. The molecule has 1 unspecified atom stereocenters. The predicted molar refractivity (Wildman–Crippen MR) is 91.6 cm³/mol. The average molecular weight is 351 g/mol. The minimum absolute atomic E-state index is 0.0424. The van der Waals surface area contributed by atoms with Crippen LogP contribution in [0.5, 0.6) is 0 Å². The summed E-state index contributed by atoms with van der Waals surface area (Å²) in [5, 5.41) is 7.01. The fourth-order valence-corrected chi connectivity index (χ4v) is 3.79. The van der Waals surface area contributed by atoms with E-state index in [1.54, 1.807) is 12.1 Å². The molecule has 24 heavy (non-hydrogen) atoms. The Hall–Kier alpha value is -1.59. The highest BCUT2D eigenvalue weighted by Gasteiger charge is 2.57. The molecule has 6 heteroatoms. The van der Waals surface area contributed by atoms with E-state index in [0.717, 1.165) is 37.9 Å². The first-order chi connectivity index (χ1) is 11.5. The molecule has 1 saturated carbocycles. The molecular formula is C18H23ClN2O3. The lowest BCUT2D eigenvalue weighted by Crippen LogP contribution is -2.36. The Morgan fingerprint density at radius 3 is 2.62 bits per heavy atom. The normalized spacial score (nSPS) is 22.7. The van der Waals surface area contributed by atoms with Crippen LogP contribution in [0.3, 0.4) is 0 Å². The van der Waals surface area contributed by atoms with Crippen molar-refractivity contribution in [1.29, 1.82) is 0 Å². The number of hydrogen-bond acceptors (Lipinski definition) is 4. The van der Waals surface area contributed by atoms with Crippen molar-refractivity contribution in [3.63, 3.8) is 0 Å². The molecule has 5 nitrogen and oxygen atoms in total. The second kappa shape index (κ2) is 7.11. The summed E-state index contributed by atoms with van der Waals surface area (Å²) in [4.78, 5) is 24.4. The molecule has 2 fully saturated rings. The molecule has 1 aromatic carbocycles. The zero-order valence-corrected chi connectivity index (χ0v) is 14.6. The molecule has 0 bridgehead atoms. The van der Waals surface area contributed by atoms with Crippen LogP contribution in [-0.4, -0.2) is 32.1 Å².